The molecule has 12 heteroatoms. The minimum Gasteiger partial charge on any atom is -0.394 e. The summed E-state index contributed by atoms with van der Waals surface area (Å²) in [6.45, 7) is -0.138. The quantitative estimate of drug-likeness (QED) is 0.231. The van der Waals surface area contributed by atoms with Gasteiger partial charge in [-0.2, -0.15) is 0 Å². The summed E-state index contributed by atoms with van der Waals surface area (Å²) in [6, 6.07) is 4.95. The molecule has 0 unspecified atom stereocenters. The summed E-state index contributed by atoms with van der Waals surface area (Å²) < 4.78 is 14.0. The molecule has 1 aromatic carbocycles. The average Bonchev–Trinajstić information content (AvgIpc) is 3.30. The van der Waals surface area contributed by atoms with Gasteiger partial charge in [-0.1, -0.05) is 0 Å². The third kappa shape index (κ3) is 4.34. The molecule has 1 aliphatic heterocycles. The Morgan fingerprint density at radius 2 is 2.13 bits per heavy atom. The van der Waals surface area contributed by atoms with Gasteiger partial charge in [-0.05, 0) is 34.7 Å². The van der Waals surface area contributed by atoms with Gasteiger partial charge in [0.05, 0.1) is 41.8 Å². The highest BCUT2D eigenvalue weighted by atomic mass is 127. The van der Waals surface area contributed by atoms with Gasteiger partial charge in [0.1, 0.15) is 30.1 Å². The van der Waals surface area contributed by atoms with Crippen LogP contribution < -0.4 is 5.73 Å². The molecule has 4 rings (SSSR count). The van der Waals surface area contributed by atoms with Gasteiger partial charge in [-0.25, -0.2) is 9.97 Å². The smallest absolute Gasteiger partial charge is 0.275 e. The number of hydrogen-bond donors (Lipinski definition) is 3. The van der Waals surface area contributed by atoms with Crippen molar-refractivity contribution in [3.63, 3.8) is 0 Å². The molecule has 3 heterocycles. The Labute approximate surface area is 190 Å². The second-order valence-electron chi connectivity index (χ2n) is 7.16. The summed E-state index contributed by atoms with van der Waals surface area (Å²) in [6.07, 6.45) is 1.37. The van der Waals surface area contributed by atoms with Crippen LogP contribution in [0.4, 0.5) is 11.5 Å². The van der Waals surface area contributed by atoms with E-state index in [1.54, 1.807) is 22.9 Å². The van der Waals surface area contributed by atoms with Crippen molar-refractivity contribution in [3.05, 3.63) is 55.5 Å². The molecule has 11 nitrogen and oxygen atoms in total. The molecule has 0 spiro atoms. The molecular weight excluding hydrogens is 521 g/mol. The van der Waals surface area contributed by atoms with Crippen LogP contribution in [-0.2, 0) is 22.7 Å². The number of aliphatic hydroxyl groups excluding tert-OH is 2. The van der Waals surface area contributed by atoms with E-state index in [1.165, 1.54) is 12.4 Å². The van der Waals surface area contributed by atoms with Gasteiger partial charge in [0.2, 0.25) is 0 Å². The topological polar surface area (TPSA) is 159 Å². The van der Waals surface area contributed by atoms with Gasteiger partial charge in [0.15, 0.2) is 0 Å². The van der Waals surface area contributed by atoms with E-state index in [-0.39, 0.29) is 37.7 Å². The number of aromatic nitrogens is 3. The number of benzene rings is 1. The second-order valence-corrected chi connectivity index (χ2v) is 8.40. The summed E-state index contributed by atoms with van der Waals surface area (Å²) >= 11 is 2.02. The number of halogens is 1. The Kier molecular flexibility index (Phi) is 6.34. The Morgan fingerprint density at radius 1 is 1.35 bits per heavy atom. The van der Waals surface area contributed by atoms with Crippen LogP contribution in [0.15, 0.2) is 30.7 Å². The largest absolute Gasteiger partial charge is 0.394 e. The van der Waals surface area contributed by atoms with Crippen molar-refractivity contribution < 1.29 is 24.6 Å². The van der Waals surface area contributed by atoms with Crippen LogP contribution in [0.25, 0.3) is 11.0 Å². The van der Waals surface area contributed by atoms with Crippen LogP contribution in [0.1, 0.15) is 23.8 Å². The zero-order valence-electron chi connectivity index (χ0n) is 16.2. The first-order valence-electron chi connectivity index (χ1n) is 9.44. The molecule has 0 saturated carbocycles. The normalized spacial score (nSPS) is 21.1. The minimum atomic E-state index is -0.798. The lowest BCUT2D eigenvalue weighted by atomic mass is 10.2. The average molecular weight is 541 g/mol. The highest BCUT2D eigenvalue weighted by Crippen LogP contribution is 2.34. The van der Waals surface area contributed by atoms with Crippen molar-refractivity contribution in [2.75, 3.05) is 12.3 Å². The zero-order chi connectivity index (χ0) is 22.1. The molecule has 3 atom stereocenters. The molecule has 1 fully saturated rings. The van der Waals surface area contributed by atoms with Crippen LogP contribution in [0.2, 0.25) is 0 Å². The van der Waals surface area contributed by atoms with Crippen molar-refractivity contribution in [2.45, 2.75) is 38.1 Å². The van der Waals surface area contributed by atoms with Crippen molar-refractivity contribution in [3.8, 4) is 0 Å². The van der Waals surface area contributed by atoms with E-state index in [1.807, 2.05) is 22.6 Å². The Morgan fingerprint density at radius 3 is 2.84 bits per heavy atom. The lowest BCUT2D eigenvalue weighted by molar-refractivity contribution is -0.386. The number of ether oxygens (including phenoxy) is 2. The van der Waals surface area contributed by atoms with Crippen LogP contribution in [0.3, 0.4) is 0 Å². The first-order chi connectivity index (χ1) is 14.9. The number of fused-ring (bicyclic) bond motifs is 1. The number of nitrogen functional groups attached to an aromatic ring is 1. The Hall–Kier alpha value is -2.39. The number of nitrogens with zero attached hydrogens (tertiary/aromatic N) is 4. The van der Waals surface area contributed by atoms with Gasteiger partial charge in [-0.15, -0.1) is 0 Å². The molecule has 0 aliphatic carbocycles. The maximum atomic E-state index is 11.3. The maximum Gasteiger partial charge on any atom is 0.275 e. The SMILES string of the molecule is Nc1ncnc2c1c(COCc1ccc(I)cc1[N+](=O)[O-])cn2[C@H]1C[C@@H](O)[C@@H](CO)O1. The molecule has 4 N–H and O–H groups in total. The van der Waals surface area contributed by atoms with Gasteiger partial charge >= 0.3 is 0 Å². The molecule has 2 aromatic heterocycles. The van der Waals surface area contributed by atoms with E-state index in [4.69, 9.17) is 15.2 Å². The molecule has 0 bridgehead atoms. The number of rotatable bonds is 7. The molecule has 1 saturated heterocycles. The molecule has 3 aromatic rings. The fourth-order valence-corrected chi connectivity index (χ4v) is 4.14. The molecule has 1 aliphatic rings. The molecule has 0 radical (unpaired) electrons. The maximum absolute atomic E-state index is 11.3. The van der Waals surface area contributed by atoms with Crippen molar-refractivity contribution in [1.29, 1.82) is 0 Å². The van der Waals surface area contributed by atoms with E-state index in [9.17, 15) is 20.3 Å². The Bertz CT molecular complexity index is 1120. The van der Waals surface area contributed by atoms with Crippen LogP contribution in [-0.4, -0.2) is 48.5 Å². The van der Waals surface area contributed by atoms with E-state index < -0.39 is 23.4 Å². The van der Waals surface area contributed by atoms with E-state index in [2.05, 4.69) is 9.97 Å². The fraction of sp³-hybridized carbons (Fsp3) is 0.368. The molecular formula is C19H20IN5O6. The van der Waals surface area contributed by atoms with Gasteiger partial charge in [0.25, 0.3) is 5.69 Å². The van der Waals surface area contributed by atoms with Crippen LogP contribution in [0.5, 0.6) is 0 Å². The summed E-state index contributed by atoms with van der Waals surface area (Å²) in [5.41, 5.74) is 7.74. The number of nitrogens with two attached hydrogens (primary N) is 1. The first kappa shape index (κ1) is 21.8. The van der Waals surface area contributed by atoms with Crippen molar-refractivity contribution in [1.82, 2.24) is 14.5 Å². The number of aliphatic hydroxyl groups is 2. The second kappa shape index (κ2) is 9.00. The predicted octanol–water partition coefficient (Wildman–Crippen LogP) is 1.88. The predicted molar refractivity (Wildman–Crippen MR) is 118 cm³/mol. The highest BCUT2D eigenvalue weighted by molar-refractivity contribution is 14.1. The number of nitro benzene ring substituents is 1. The first-order valence-corrected chi connectivity index (χ1v) is 10.5. The van der Waals surface area contributed by atoms with Gasteiger partial charge in [0, 0.05) is 27.8 Å². The lowest BCUT2D eigenvalue weighted by Crippen LogP contribution is -2.24. The summed E-state index contributed by atoms with van der Waals surface area (Å²) in [5.74, 6) is 0.264. The lowest BCUT2D eigenvalue weighted by Gasteiger charge is -2.14. The number of hydrogen-bond acceptors (Lipinski definition) is 9. The van der Waals surface area contributed by atoms with Crippen molar-refractivity contribution in [2.24, 2.45) is 0 Å². The van der Waals surface area contributed by atoms with E-state index >= 15 is 0 Å². The van der Waals surface area contributed by atoms with Crippen molar-refractivity contribution >= 4 is 45.1 Å². The highest BCUT2D eigenvalue weighted by Gasteiger charge is 2.35. The third-order valence-corrected chi connectivity index (χ3v) is 5.84. The third-order valence-electron chi connectivity index (χ3n) is 5.17. The number of nitro groups is 1. The van der Waals surface area contributed by atoms with E-state index in [0.717, 1.165) is 3.57 Å². The zero-order valence-corrected chi connectivity index (χ0v) is 18.4. The van der Waals surface area contributed by atoms with Crippen LogP contribution in [0, 0.1) is 13.7 Å². The molecule has 31 heavy (non-hydrogen) atoms. The summed E-state index contributed by atoms with van der Waals surface area (Å²) in [7, 11) is 0. The van der Waals surface area contributed by atoms with E-state index in [0.29, 0.717) is 22.2 Å². The van der Waals surface area contributed by atoms with Crippen LogP contribution >= 0.6 is 22.6 Å². The number of anilines is 1. The Balaban J connectivity index is 1.58. The molecule has 0 amide bonds. The summed E-state index contributed by atoms with van der Waals surface area (Å²) in [5, 5.41) is 31.3. The van der Waals surface area contributed by atoms with Gasteiger partial charge in [-0.3, -0.25) is 10.1 Å². The minimum absolute atomic E-state index is 0.000522. The fourth-order valence-electron chi connectivity index (χ4n) is 3.67. The molecule has 164 valence electrons. The summed E-state index contributed by atoms with van der Waals surface area (Å²) in [4.78, 5) is 19.2. The standard InChI is InChI=1S/C19H20IN5O6/c20-12-2-1-10(13(3-12)25(28)29)7-30-8-11-5-24(16-4-14(27)15(6-26)31-16)19-17(11)18(21)22-9-23-19/h1-3,5,9,14-16,26-27H,4,6-8H2,(H2,21,22,23)/t14-,15-,16-/m1/s1. The van der Waals surface area contributed by atoms with Gasteiger partial charge < -0.3 is 30.0 Å². The monoisotopic (exact) mass is 541 g/mol.